The van der Waals surface area contributed by atoms with Gasteiger partial charge in [0.2, 0.25) is 0 Å². The Labute approximate surface area is 201 Å². The lowest BCUT2D eigenvalue weighted by atomic mass is 10.0. The maximum atomic E-state index is 13.6. The third-order valence-corrected chi connectivity index (χ3v) is 6.25. The van der Waals surface area contributed by atoms with Crippen molar-refractivity contribution in [1.29, 1.82) is 0 Å². The SMILES string of the molecule is CCc1nn(-c2ccc(Cl)c(Cl)c2)c([O-])c1C1=C([n+]2ccc(C)cc2)C(=O)N(C(C)C)C1=O. The molecule has 0 saturated carbocycles. The van der Waals surface area contributed by atoms with Gasteiger partial charge in [0.25, 0.3) is 11.6 Å². The number of nitrogens with zero attached hydrogens (tertiary/aromatic N) is 4. The highest BCUT2D eigenvalue weighted by molar-refractivity contribution is 6.45. The van der Waals surface area contributed by atoms with Gasteiger partial charge in [-0.2, -0.15) is 9.67 Å². The molecule has 2 aromatic heterocycles. The summed E-state index contributed by atoms with van der Waals surface area (Å²) in [7, 11) is 0. The van der Waals surface area contributed by atoms with E-state index in [0.29, 0.717) is 22.8 Å². The van der Waals surface area contributed by atoms with E-state index < -0.39 is 17.7 Å². The second-order valence-corrected chi connectivity index (χ2v) is 8.89. The Morgan fingerprint density at radius 1 is 1.06 bits per heavy atom. The van der Waals surface area contributed by atoms with Crippen LogP contribution in [0.3, 0.4) is 0 Å². The zero-order valence-electron chi connectivity index (χ0n) is 18.6. The summed E-state index contributed by atoms with van der Waals surface area (Å²) in [6, 6.07) is 8.01. The standard InChI is InChI=1S/C24H22Cl2N4O3/c1-5-18-19(23(32)30(27-18)15-6-7-16(25)17(26)12-15)20-21(28-10-8-14(4)9-11-28)24(33)29(13(2)3)22(20)31/h6-13H,5H2,1-4H3. The van der Waals surface area contributed by atoms with E-state index in [0.717, 1.165) is 5.56 Å². The highest BCUT2D eigenvalue weighted by Crippen LogP contribution is 2.38. The number of halogens is 2. The van der Waals surface area contributed by atoms with Gasteiger partial charge in [-0.05, 0) is 56.8 Å². The molecular formula is C24H22Cl2N4O3. The summed E-state index contributed by atoms with van der Waals surface area (Å²) < 4.78 is 2.77. The smallest absolute Gasteiger partial charge is 0.327 e. The van der Waals surface area contributed by atoms with Crippen LogP contribution in [0.4, 0.5) is 0 Å². The molecule has 0 aliphatic carbocycles. The topological polar surface area (TPSA) is 82.1 Å². The number of amides is 2. The molecule has 170 valence electrons. The van der Waals surface area contributed by atoms with E-state index in [2.05, 4.69) is 5.10 Å². The number of hydrogen-bond donors (Lipinski definition) is 0. The first-order chi connectivity index (χ1) is 15.6. The fourth-order valence-electron chi connectivity index (χ4n) is 3.85. The number of aromatic nitrogens is 3. The summed E-state index contributed by atoms with van der Waals surface area (Å²) in [6.07, 6.45) is 3.80. The fourth-order valence-corrected chi connectivity index (χ4v) is 4.15. The molecular weight excluding hydrogens is 463 g/mol. The Bertz CT molecular complexity index is 1310. The van der Waals surface area contributed by atoms with Gasteiger partial charge in [0.05, 0.1) is 21.4 Å². The van der Waals surface area contributed by atoms with Crippen molar-refractivity contribution >= 4 is 46.3 Å². The molecule has 4 rings (SSSR count). The van der Waals surface area contributed by atoms with E-state index in [1.807, 2.05) is 26.0 Å². The van der Waals surface area contributed by atoms with Crippen molar-refractivity contribution in [2.24, 2.45) is 0 Å². The van der Waals surface area contributed by atoms with Crippen molar-refractivity contribution in [3.05, 3.63) is 69.6 Å². The first-order valence-electron chi connectivity index (χ1n) is 10.5. The lowest BCUT2D eigenvalue weighted by molar-refractivity contribution is -0.577. The minimum Gasteiger partial charge on any atom is -0.858 e. The highest BCUT2D eigenvalue weighted by Gasteiger charge is 2.47. The van der Waals surface area contributed by atoms with Crippen molar-refractivity contribution in [2.45, 2.75) is 40.2 Å². The maximum Gasteiger partial charge on any atom is 0.327 e. The summed E-state index contributed by atoms with van der Waals surface area (Å²) >= 11 is 12.2. The average Bonchev–Trinajstić information content (AvgIpc) is 3.23. The van der Waals surface area contributed by atoms with Crippen LogP contribution in [0.5, 0.6) is 5.88 Å². The summed E-state index contributed by atoms with van der Waals surface area (Å²) in [5.41, 5.74) is 2.13. The predicted octanol–water partition coefficient (Wildman–Crippen LogP) is 3.56. The lowest BCUT2D eigenvalue weighted by Crippen LogP contribution is -2.42. The van der Waals surface area contributed by atoms with E-state index in [-0.39, 0.29) is 27.9 Å². The largest absolute Gasteiger partial charge is 0.858 e. The molecule has 0 atom stereocenters. The first-order valence-corrected chi connectivity index (χ1v) is 11.3. The van der Waals surface area contributed by atoms with Crippen molar-refractivity contribution in [2.75, 3.05) is 0 Å². The van der Waals surface area contributed by atoms with Crippen LogP contribution in [-0.2, 0) is 16.0 Å². The average molecular weight is 485 g/mol. The maximum absolute atomic E-state index is 13.6. The van der Waals surface area contributed by atoms with E-state index in [4.69, 9.17) is 23.2 Å². The Hall–Kier alpha value is -3.16. The molecule has 7 nitrogen and oxygen atoms in total. The normalized spacial score (nSPS) is 14.2. The fraction of sp³-hybridized carbons (Fsp3) is 0.250. The summed E-state index contributed by atoms with van der Waals surface area (Å²) in [5, 5.41) is 18.7. The van der Waals surface area contributed by atoms with E-state index in [1.54, 1.807) is 42.9 Å². The van der Waals surface area contributed by atoms with Gasteiger partial charge in [-0.3, -0.25) is 14.5 Å². The quantitative estimate of drug-likeness (QED) is 0.409. The zero-order chi connectivity index (χ0) is 24.0. The van der Waals surface area contributed by atoms with Crippen LogP contribution in [-0.4, -0.2) is 32.5 Å². The van der Waals surface area contributed by atoms with Crippen molar-refractivity contribution < 1.29 is 19.3 Å². The molecule has 3 aromatic rings. The monoisotopic (exact) mass is 484 g/mol. The van der Waals surface area contributed by atoms with Crippen LogP contribution in [0, 0.1) is 6.92 Å². The molecule has 1 aliphatic rings. The molecule has 0 fully saturated rings. The second-order valence-electron chi connectivity index (χ2n) is 8.07. The van der Waals surface area contributed by atoms with Crippen molar-refractivity contribution in [1.82, 2.24) is 14.7 Å². The van der Waals surface area contributed by atoms with Crippen LogP contribution in [0.25, 0.3) is 17.0 Å². The van der Waals surface area contributed by atoms with E-state index in [1.165, 1.54) is 15.6 Å². The molecule has 0 radical (unpaired) electrons. The minimum atomic E-state index is -0.515. The summed E-state index contributed by atoms with van der Waals surface area (Å²) in [4.78, 5) is 28.0. The molecule has 0 spiro atoms. The lowest BCUT2D eigenvalue weighted by Gasteiger charge is -2.18. The molecule has 0 unspecified atom stereocenters. The van der Waals surface area contributed by atoms with Crippen LogP contribution < -0.4 is 9.67 Å². The van der Waals surface area contributed by atoms with Crippen LogP contribution in [0.15, 0.2) is 42.7 Å². The van der Waals surface area contributed by atoms with Gasteiger partial charge < -0.3 is 5.11 Å². The second kappa shape index (κ2) is 8.65. The molecule has 1 aliphatic heterocycles. The highest BCUT2D eigenvalue weighted by atomic mass is 35.5. The number of imide groups is 1. The molecule has 3 heterocycles. The van der Waals surface area contributed by atoms with Crippen molar-refractivity contribution in [3.8, 4) is 11.6 Å². The number of pyridine rings is 1. The summed E-state index contributed by atoms with van der Waals surface area (Å²) in [5.74, 6) is -1.47. The number of carbonyl (C=O) groups excluding carboxylic acids is 2. The van der Waals surface area contributed by atoms with Gasteiger partial charge >= 0.3 is 5.91 Å². The predicted molar refractivity (Wildman–Crippen MR) is 124 cm³/mol. The van der Waals surface area contributed by atoms with Crippen LogP contribution in [0.1, 0.15) is 37.6 Å². The Morgan fingerprint density at radius 2 is 1.73 bits per heavy atom. The van der Waals surface area contributed by atoms with Crippen molar-refractivity contribution in [3.63, 3.8) is 0 Å². The third-order valence-electron chi connectivity index (χ3n) is 5.51. The van der Waals surface area contributed by atoms with Gasteiger partial charge in [0.15, 0.2) is 12.4 Å². The van der Waals surface area contributed by atoms with E-state index >= 15 is 0 Å². The van der Waals surface area contributed by atoms with Gasteiger partial charge in [-0.15, -0.1) is 0 Å². The Balaban J connectivity index is 2.00. The van der Waals surface area contributed by atoms with Crippen LogP contribution in [0.2, 0.25) is 10.0 Å². The van der Waals surface area contributed by atoms with E-state index in [9.17, 15) is 14.7 Å². The molecule has 1 aromatic carbocycles. The van der Waals surface area contributed by atoms with Gasteiger partial charge in [0.1, 0.15) is 5.57 Å². The molecule has 0 bridgehead atoms. The number of benzene rings is 1. The molecule has 0 saturated heterocycles. The molecule has 0 N–H and O–H groups in total. The number of rotatable bonds is 5. The Kier molecular flexibility index (Phi) is 6.03. The van der Waals surface area contributed by atoms with Gasteiger partial charge in [-0.1, -0.05) is 30.1 Å². The number of aryl methyl sites for hydroxylation is 2. The first kappa shape index (κ1) is 23.0. The molecule has 9 heteroatoms. The zero-order valence-corrected chi connectivity index (χ0v) is 20.1. The molecule has 33 heavy (non-hydrogen) atoms. The number of hydrogen-bond acceptors (Lipinski definition) is 4. The molecule has 2 amide bonds. The van der Waals surface area contributed by atoms with Crippen LogP contribution >= 0.6 is 23.2 Å². The number of carbonyl (C=O) groups is 2. The Morgan fingerprint density at radius 3 is 2.30 bits per heavy atom. The third kappa shape index (κ3) is 3.81. The minimum absolute atomic E-state index is 0.0516. The van der Waals surface area contributed by atoms with Gasteiger partial charge in [0, 0.05) is 23.7 Å². The van der Waals surface area contributed by atoms with Gasteiger partial charge in [-0.25, -0.2) is 4.68 Å². The summed E-state index contributed by atoms with van der Waals surface area (Å²) in [6.45, 7) is 7.28.